The van der Waals surface area contributed by atoms with Crippen LogP contribution in [-0.2, 0) is 4.74 Å². The molecule has 7 heteroatoms. The first-order valence-electron chi connectivity index (χ1n) is 14.3. The van der Waals surface area contributed by atoms with Crippen molar-refractivity contribution in [2.45, 2.75) is 13.8 Å². The van der Waals surface area contributed by atoms with Gasteiger partial charge < -0.3 is 14.7 Å². The third-order valence-corrected chi connectivity index (χ3v) is 7.98. The maximum absolute atomic E-state index is 13.3. The number of ether oxygens (including phenoxy) is 1. The van der Waals surface area contributed by atoms with Gasteiger partial charge in [0.05, 0.1) is 46.5 Å². The number of methoxy groups -OCH3 is 1. The van der Waals surface area contributed by atoms with Gasteiger partial charge >= 0.3 is 5.97 Å². The largest absolute Gasteiger partial charge is 0.465 e. The van der Waals surface area contributed by atoms with E-state index in [2.05, 4.69) is 9.97 Å². The highest BCUT2D eigenvalue weighted by Gasteiger charge is 2.20. The van der Waals surface area contributed by atoms with Gasteiger partial charge in [-0.15, -0.1) is 0 Å². The minimum Gasteiger partial charge on any atom is -0.465 e. The number of hydrogen-bond donors (Lipinski definition) is 2. The van der Waals surface area contributed by atoms with Crippen molar-refractivity contribution >= 4 is 58.6 Å². The SMILES string of the molecule is COC(=O)c1c2nc(c(-c3ccc(C)cc3)c3ccc([nH]3)c(C=O)c3nc(c(-c4ccc(C)cc4)c4ccc1[nH]4)C=C3)C=C2. The number of carbonyl (C=O) groups excluding carboxylic acids is 2. The van der Waals surface area contributed by atoms with E-state index in [4.69, 9.17) is 14.7 Å². The van der Waals surface area contributed by atoms with Crippen molar-refractivity contribution in [3.63, 3.8) is 0 Å². The topological polar surface area (TPSA) is 101 Å². The molecule has 214 valence electrons. The van der Waals surface area contributed by atoms with Crippen molar-refractivity contribution in [1.29, 1.82) is 0 Å². The predicted octanol–water partition coefficient (Wildman–Crippen LogP) is 8.21. The molecule has 0 unspecified atom stereocenters. The van der Waals surface area contributed by atoms with Gasteiger partial charge in [0.1, 0.15) is 5.56 Å². The van der Waals surface area contributed by atoms with E-state index < -0.39 is 5.97 Å². The predicted molar refractivity (Wildman–Crippen MR) is 176 cm³/mol. The van der Waals surface area contributed by atoms with Gasteiger partial charge in [-0.2, -0.15) is 0 Å². The van der Waals surface area contributed by atoms with Crippen molar-refractivity contribution in [3.8, 4) is 22.3 Å². The summed E-state index contributed by atoms with van der Waals surface area (Å²) in [5, 5.41) is 0. The number of rotatable bonds is 4. The number of H-pyrrole nitrogens is 2. The van der Waals surface area contributed by atoms with Crippen molar-refractivity contribution in [2.24, 2.45) is 0 Å². The van der Waals surface area contributed by atoms with E-state index in [-0.39, 0.29) is 0 Å². The molecule has 5 heterocycles. The van der Waals surface area contributed by atoms with Crippen LogP contribution in [0.5, 0.6) is 0 Å². The number of hydrogen-bond acceptors (Lipinski definition) is 5. The molecule has 8 bridgehead atoms. The van der Waals surface area contributed by atoms with E-state index in [0.717, 1.165) is 50.7 Å². The molecule has 2 N–H and O–H groups in total. The number of benzene rings is 2. The molecule has 3 aromatic heterocycles. The summed E-state index contributed by atoms with van der Waals surface area (Å²) in [4.78, 5) is 42.6. The number of aromatic amines is 2. The van der Waals surface area contributed by atoms with Crippen LogP contribution in [0.2, 0.25) is 0 Å². The van der Waals surface area contributed by atoms with Gasteiger partial charge in [-0.1, -0.05) is 59.7 Å². The molecule has 7 rings (SSSR count). The second-order valence-electron chi connectivity index (χ2n) is 10.9. The fourth-order valence-corrected chi connectivity index (χ4v) is 5.72. The molecule has 0 saturated carbocycles. The number of carbonyl (C=O) groups is 2. The van der Waals surface area contributed by atoms with E-state index in [1.165, 1.54) is 7.11 Å². The van der Waals surface area contributed by atoms with Crippen molar-refractivity contribution < 1.29 is 14.3 Å². The molecule has 0 aliphatic carbocycles. The molecule has 5 aromatic rings. The maximum atomic E-state index is 13.3. The Morgan fingerprint density at radius 3 is 1.61 bits per heavy atom. The van der Waals surface area contributed by atoms with E-state index >= 15 is 0 Å². The highest BCUT2D eigenvalue weighted by molar-refractivity contribution is 6.04. The minimum absolute atomic E-state index is 0.323. The number of aldehydes is 1. The van der Waals surface area contributed by atoms with E-state index in [1.54, 1.807) is 0 Å². The fourth-order valence-electron chi connectivity index (χ4n) is 5.72. The van der Waals surface area contributed by atoms with Gasteiger partial charge in [-0.05, 0) is 73.5 Å². The molecule has 0 fully saturated rings. The summed E-state index contributed by atoms with van der Waals surface area (Å²) in [5.74, 6) is -0.501. The van der Waals surface area contributed by atoms with Gasteiger partial charge in [0, 0.05) is 22.2 Å². The molecule has 2 aliphatic heterocycles. The highest BCUT2D eigenvalue weighted by Crippen LogP contribution is 2.34. The number of nitrogens with one attached hydrogen (secondary N) is 2. The lowest BCUT2D eigenvalue weighted by Gasteiger charge is -2.06. The highest BCUT2D eigenvalue weighted by atomic mass is 16.5. The molecule has 0 saturated heterocycles. The zero-order valence-corrected chi connectivity index (χ0v) is 24.4. The molecule has 0 atom stereocenters. The third-order valence-electron chi connectivity index (χ3n) is 7.98. The van der Waals surface area contributed by atoms with Crippen molar-refractivity contribution in [2.75, 3.05) is 7.11 Å². The molecule has 2 aliphatic rings. The smallest absolute Gasteiger partial charge is 0.342 e. The average molecular weight is 577 g/mol. The molecule has 2 aromatic carbocycles. The van der Waals surface area contributed by atoms with Crippen LogP contribution >= 0.6 is 0 Å². The number of nitrogens with zero attached hydrogens (tertiary/aromatic N) is 2. The Morgan fingerprint density at radius 1 is 0.614 bits per heavy atom. The lowest BCUT2D eigenvalue weighted by atomic mass is 10.0. The quantitative estimate of drug-likeness (QED) is 0.162. The normalized spacial score (nSPS) is 12.0. The van der Waals surface area contributed by atoms with Gasteiger partial charge in [0.15, 0.2) is 6.29 Å². The molecule has 44 heavy (non-hydrogen) atoms. The first-order chi connectivity index (χ1) is 21.4. The van der Waals surface area contributed by atoms with Gasteiger partial charge in [-0.25, -0.2) is 14.8 Å². The number of aromatic nitrogens is 4. The zero-order valence-electron chi connectivity index (χ0n) is 24.4. The summed E-state index contributed by atoms with van der Waals surface area (Å²) < 4.78 is 5.24. The summed E-state index contributed by atoms with van der Waals surface area (Å²) in [6, 6.07) is 23.9. The number of aryl methyl sites for hydroxylation is 2. The molecule has 0 amide bonds. The summed E-state index contributed by atoms with van der Waals surface area (Å²) in [5.41, 5.74) is 11.7. The second-order valence-corrected chi connectivity index (χ2v) is 10.9. The molecule has 0 spiro atoms. The van der Waals surface area contributed by atoms with Crippen LogP contribution < -0.4 is 0 Å². The van der Waals surface area contributed by atoms with Gasteiger partial charge in [-0.3, -0.25) is 4.79 Å². The summed E-state index contributed by atoms with van der Waals surface area (Å²) in [7, 11) is 1.37. The molecule has 7 nitrogen and oxygen atoms in total. The van der Waals surface area contributed by atoms with Crippen LogP contribution in [0.3, 0.4) is 0 Å². The second kappa shape index (κ2) is 10.8. The lowest BCUT2D eigenvalue weighted by molar-refractivity contribution is 0.0602. The Labute approximate surface area is 253 Å². The fraction of sp³-hybridized carbons (Fsp3) is 0.0811. The van der Waals surface area contributed by atoms with E-state index in [9.17, 15) is 9.59 Å². The average Bonchev–Trinajstić information content (AvgIpc) is 3.86. The monoisotopic (exact) mass is 576 g/mol. The summed E-state index contributed by atoms with van der Waals surface area (Å²) in [6.45, 7) is 4.07. The number of esters is 1. The summed E-state index contributed by atoms with van der Waals surface area (Å²) in [6.07, 6.45) is 8.34. The third kappa shape index (κ3) is 4.65. The maximum Gasteiger partial charge on any atom is 0.342 e. The Balaban J connectivity index is 1.67. The van der Waals surface area contributed by atoms with Crippen molar-refractivity contribution in [3.05, 3.63) is 118 Å². The molecule has 0 radical (unpaired) electrons. The minimum atomic E-state index is -0.501. The van der Waals surface area contributed by atoms with Gasteiger partial charge in [0.25, 0.3) is 0 Å². The summed E-state index contributed by atoms with van der Waals surface area (Å²) >= 11 is 0. The standard InChI is InChI=1S/C37H28N4O3/c1-21-4-8-23(9-5-21)34-28-14-12-26(38-28)25(20-42)27-13-15-29(39-27)35(24-10-6-22(2)7-11-24)31-17-19-33(41-31)36(37(43)44-3)32-18-16-30(34)40-32/h4-20,38,41H,1-3H3. The van der Waals surface area contributed by atoms with Gasteiger partial charge in [0.2, 0.25) is 0 Å². The molecular formula is C37H28N4O3. The Hall–Kier alpha value is -5.82. The first-order valence-corrected chi connectivity index (χ1v) is 14.3. The number of fused-ring (bicyclic) bond motifs is 8. The zero-order chi connectivity index (χ0) is 30.4. The van der Waals surface area contributed by atoms with Crippen LogP contribution in [0.15, 0.2) is 72.8 Å². The van der Waals surface area contributed by atoms with Crippen LogP contribution in [-0.4, -0.2) is 39.3 Å². The first kappa shape index (κ1) is 27.0. The lowest BCUT2D eigenvalue weighted by Crippen LogP contribution is -2.04. The Kier molecular flexibility index (Phi) is 6.63. The van der Waals surface area contributed by atoms with Crippen LogP contribution in [0, 0.1) is 13.8 Å². The Bertz CT molecular complexity index is 2160. The van der Waals surface area contributed by atoms with Crippen LogP contribution in [0.1, 0.15) is 54.6 Å². The van der Waals surface area contributed by atoms with E-state index in [0.29, 0.717) is 44.9 Å². The molecular weight excluding hydrogens is 548 g/mol. The van der Waals surface area contributed by atoms with Crippen LogP contribution in [0.4, 0.5) is 0 Å². The van der Waals surface area contributed by atoms with Crippen LogP contribution in [0.25, 0.3) is 68.6 Å². The van der Waals surface area contributed by atoms with Crippen molar-refractivity contribution in [1.82, 2.24) is 19.9 Å². The van der Waals surface area contributed by atoms with E-state index in [1.807, 2.05) is 111 Å². The Morgan fingerprint density at radius 2 is 1.07 bits per heavy atom.